The summed E-state index contributed by atoms with van der Waals surface area (Å²) in [5.74, 6) is -0.434. The van der Waals surface area contributed by atoms with E-state index in [0.29, 0.717) is 6.61 Å². The molecule has 3 atom stereocenters. The molecule has 8 rings (SSSR count). The number of aliphatic hydroxyl groups is 1. The van der Waals surface area contributed by atoms with Crippen LogP contribution in [0.25, 0.3) is 43.6 Å². The Kier molecular flexibility index (Phi) is 7.39. The largest absolute Gasteiger partial charge is 0.388 e. The summed E-state index contributed by atoms with van der Waals surface area (Å²) in [5.41, 5.74) is 5.12. The summed E-state index contributed by atoms with van der Waals surface area (Å²) >= 11 is 0. The lowest BCUT2D eigenvalue weighted by Crippen LogP contribution is -2.40. The van der Waals surface area contributed by atoms with E-state index in [1.165, 1.54) is 12.1 Å². The van der Waals surface area contributed by atoms with Crippen LogP contribution in [-0.4, -0.2) is 26.9 Å². The van der Waals surface area contributed by atoms with Gasteiger partial charge in [0.25, 0.3) is 0 Å². The summed E-state index contributed by atoms with van der Waals surface area (Å²) in [6, 6.07) is 35.6. The fourth-order valence-electron chi connectivity index (χ4n) is 6.51. The van der Waals surface area contributed by atoms with Crippen LogP contribution in [0, 0.1) is 11.6 Å². The van der Waals surface area contributed by atoms with Crippen molar-refractivity contribution in [2.45, 2.75) is 44.1 Å². The maximum atomic E-state index is 13.9. The second-order valence-corrected chi connectivity index (χ2v) is 11.2. The quantitative estimate of drug-likeness (QED) is 0.220. The summed E-state index contributed by atoms with van der Waals surface area (Å²) in [6.45, 7) is 0.494. The monoisotopic (exact) mass is 574 g/mol. The first-order chi connectivity index (χ1) is 21.1. The molecule has 6 heteroatoms. The number of H-pyrrole nitrogens is 1. The van der Waals surface area contributed by atoms with Gasteiger partial charge in [0.15, 0.2) is 0 Å². The molecule has 43 heavy (non-hydrogen) atoms. The number of aromatic nitrogens is 2. The fraction of sp³-hybridized carbons (Fsp3) is 0.189. The van der Waals surface area contributed by atoms with Gasteiger partial charge in [0.05, 0.1) is 18.8 Å². The highest BCUT2D eigenvalue weighted by Gasteiger charge is 2.35. The number of hydrogen-bond acceptors (Lipinski definition) is 2. The van der Waals surface area contributed by atoms with Gasteiger partial charge in [-0.05, 0) is 73.4 Å². The lowest BCUT2D eigenvalue weighted by Gasteiger charge is -2.36. The van der Waals surface area contributed by atoms with Crippen LogP contribution in [0.2, 0.25) is 0 Å². The van der Waals surface area contributed by atoms with Crippen LogP contribution in [0.5, 0.6) is 0 Å². The molecular formula is C37H32F2N2O2. The number of halogens is 2. The highest BCUT2D eigenvalue weighted by Crippen LogP contribution is 2.39. The Hall–Kier alpha value is -4.52. The van der Waals surface area contributed by atoms with Crippen molar-refractivity contribution in [3.05, 3.63) is 132 Å². The average Bonchev–Trinajstić information content (AvgIpc) is 3.56. The minimum Gasteiger partial charge on any atom is -0.388 e. The number of aliphatic hydroxyl groups excluding tert-OH is 1. The molecule has 7 aromatic rings. The Bertz CT molecular complexity index is 2030. The minimum atomic E-state index is -0.614. The molecule has 1 saturated carbocycles. The first-order valence-corrected chi connectivity index (χ1v) is 14.7. The highest BCUT2D eigenvalue weighted by molar-refractivity contribution is 6.08. The Balaban J connectivity index is 0.000000178. The van der Waals surface area contributed by atoms with Crippen LogP contribution in [-0.2, 0) is 11.3 Å². The zero-order chi connectivity index (χ0) is 29.3. The molecule has 216 valence electrons. The number of aromatic amines is 1. The molecule has 0 radical (unpaired) electrons. The molecule has 0 spiro atoms. The van der Waals surface area contributed by atoms with Crippen LogP contribution in [0.4, 0.5) is 8.78 Å². The van der Waals surface area contributed by atoms with Gasteiger partial charge in [0.1, 0.15) is 17.7 Å². The fourth-order valence-corrected chi connectivity index (χ4v) is 6.51. The number of rotatable bonds is 4. The Morgan fingerprint density at radius 3 is 2.16 bits per heavy atom. The van der Waals surface area contributed by atoms with Gasteiger partial charge in [-0.3, -0.25) is 0 Å². The number of nitrogens with zero attached hydrogens (tertiary/aromatic N) is 1. The summed E-state index contributed by atoms with van der Waals surface area (Å²) in [5, 5.41) is 15.2. The Morgan fingerprint density at radius 1 is 0.674 bits per heavy atom. The van der Waals surface area contributed by atoms with Crippen molar-refractivity contribution in [3.8, 4) is 0 Å². The van der Waals surface area contributed by atoms with Gasteiger partial charge in [-0.15, -0.1) is 0 Å². The number of benzene rings is 5. The second kappa shape index (κ2) is 11.6. The Labute approximate surface area is 248 Å². The summed E-state index contributed by atoms with van der Waals surface area (Å²) in [7, 11) is 0. The third-order valence-electron chi connectivity index (χ3n) is 8.54. The molecule has 2 N–H and O–H groups in total. The third-order valence-corrected chi connectivity index (χ3v) is 8.54. The Morgan fingerprint density at radius 2 is 1.33 bits per heavy atom. The first kappa shape index (κ1) is 27.3. The van der Waals surface area contributed by atoms with Crippen LogP contribution in [0.3, 0.4) is 0 Å². The van der Waals surface area contributed by atoms with Crippen molar-refractivity contribution in [2.75, 3.05) is 0 Å². The molecule has 0 bridgehead atoms. The molecule has 5 aromatic carbocycles. The highest BCUT2D eigenvalue weighted by atomic mass is 19.1. The van der Waals surface area contributed by atoms with E-state index in [2.05, 4.69) is 9.55 Å². The van der Waals surface area contributed by atoms with Crippen molar-refractivity contribution in [3.63, 3.8) is 0 Å². The molecule has 0 unspecified atom stereocenters. The minimum absolute atomic E-state index is 0.0996. The van der Waals surface area contributed by atoms with E-state index in [9.17, 15) is 13.9 Å². The standard InChI is InChI=1S/C25H24FNO2.C12H8FN/c26-18-13-14-22-20(15-18)19-9-4-5-10-21(19)27(22)23-11-6-12-24(25(23)28)29-16-17-7-2-1-3-8-17;13-8-5-6-12-10(7-8)9-3-1-2-4-11(9)14-12/h1-5,7-10,13-15,23-25,28H,6,11-12,16H2;1-7,14H/t23-,24-,25+;/m1./s1. The smallest absolute Gasteiger partial charge is 0.123 e. The summed E-state index contributed by atoms with van der Waals surface area (Å²) < 4.78 is 35.3. The molecule has 0 aliphatic heterocycles. The van der Waals surface area contributed by atoms with Gasteiger partial charge in [-0.2, -0.15) is 0 Å². The van der Waals surface area contributed by atoms with E-state index in [4.69, 9.17) is 4.74 Å². The molecule has 2 heterocycles. The van der Waals surface area contributed by atoms with E-state index in [-0.39, 0.29) is 23.8 Å². The second-order valence-electron chi connectivity index (χ2n) is 11.2. The van der Waals surface area contributed by atoms with E-state index in [1.807, 2.05) is 84.9 Å². The van der Waals surface area contributed by atoms with Crippen molar-refractivity contribution >= 4 is 43.6 Å². The van der Waals surface area contributed by atoms with E-state index < -0.39 is 6.10 Å². The van der Waals surface area contributed by atoms with Gasteiger partial charge in [-0.25, -0.2) is 8.78 Å². The van der Waals surface area contributed by atoms with Crippen molar-refractivity contribution in [1.82, 2.24) is 9.55 Å². The SMILES string of the molecule is Fc1ccc2[nH]c3ccccc3c2c1.O[C@H]1[C@H](n2c3ccccc3c3cc(F)ccc32)CCC[C@H]1OCc1ccccc1. The number of nitrogens with one attached hydrogen (secondary N) is 1. The molecular weight excluding hydrogens is 542 g/mol. The molecule has 1 fully saturated rings. The van der Waals surface area contributed by atoms with Crippen molar-refractivity contribution in [1.29, 1.82) is 0 Å². The zero-order valence-electron chi connectivity index (χ0n) is 23.6. The van der Waals surface area contributed by atoms with E-state index >= 15 is 0 Å². The molecule has 2 aromatic heterocycles. The van der Waals surface area contributed by atoms with E-state index in [1.54, 1.807) is 18.2 Å². The number of hydrogen-bond donors (Lipinski definition) is 2. The molecule has 4 nitrogen and oxygen atoms in total. The summed E-state index contributed by atoms with van der Waals surface area (Å²) in [6.07, 6.45) is 1.87. The molecule has 1 aliphatic rings. The molecule has 0 amide bonds. The summed E-state index contributed by atoms with van der Waals surface area (Å²) in [4.78, 5) is 3.24. The van der Waals surface area contributed by atoms with Crippen LogP contribution < -0.4 is 0 Å². The third kappa shape index (κ3) is 5.29. The zero-order valence-corrected chi connectivity index (χ0v) is 23.6. The predicted molar refractivity (Wildman–Crippen MR) is 169 cm³/mol. The van der Waals surface area contributed by atoms with Gasteiger partial charge in [0.2, 0.25) is 0 Å². The van der Waals surface area contributed by atoms with Crippen LogP contribution in [0.15, 0.2) is 115 Å². The van der Waals surface area contributed by atoms with Gasteiger partial charge in [-0.1, -0.05) is 66.7 Å². The predicted octanol–water partition coefficient (Wildman–Crippen LogP) is 9.07. The van der Waals surface area contributed by atoms with Crippen molar-refractivity contribution < 1.29 is 18.6 Å². The number of para-hydroxylation sites is 2. The van der Waals surface area contributed by atoms with Crippen LogP contribution >= 0.6 is 0 Å². The van der Waals surface area contributed by atoms with Crippen LogP contribution in [0.1, 0.15) is 30.9 Å². The normalized spacial score (nSPS) is 18.7. The maximum absolute atomic E-state index is 13.9. The van der Waals surface area contributed by atoms with E-state index in [0.717, 1.165) is 68.4 Å². The maximum Gasteiger partial charge on any atom is 0.123 e. The average molecular weight is 575 g/mol. The molecule has 0 saturated heterocycles. The topological polar surface area (TPSA) is 50.2 Å². The van der Waals surface area contributed by atoms with Gasteiger partial charge < -0.3 is 19.4 Å². The van der Waals surface area contributed by atoms with Gasteiger partial charge >= 0.3 is 0 Å². The van der Waals surface area contributed by atoms with Gasteiger partial charge in [0, 0.05) is 43.6 Å². The molecule has 1 aliphatic carbocycles. The lowest BCUT2D eigenvalue weighted by atomic mass is 9.89. The number of fused-ring (bicyclic) bond motifs is 6. The lowest BCUT2D eigenvalue weighted by molar-refractivity contribution is -0.0858. The number of ether oxygens (including phenoxy) is 1. The van der Waals surface area contributed by atoms with Crippen molar-refractivity contribution in [2.24, 2.45) is 0 Å². The first-order valence-electron chi connectivity index (χ1n) is 14.7.